The topological polar surface area (TPSA) is 71.8 Å². The highest BCUT2D eigenvalue weighted by Gasteiger charge is 2.22. The molecule has 1 aliphatic rings. The standard InChI is InChI=1S/C4H9N3O2S/c5-4(10)6-7-9-2-3-1-8-3/h3,7H,1-2H2,(H3,5,6,10). The van der Waals surface area contributed by atoms with Crippen LogP contribution in [0.15, 0.2) is 0 Å². The van der Waals surface area contributed by atoms with E-state index >= 15 is 0 Å². The fourth-order valence-corrected chi connectivity index (χ4v) is 0.427. The molecule has 0 aliphatic carbocycles. The second-order valence-electron chi connectivity index (χ2n) is 1.86. The summed E-state index contributed by atoms with van der Waals surface area (Å²) in [4.78, 5) is 4.81. The van der Waals surface area contributed by atoms with Crippen LogP contribution in [-0.2, 0) is 9.57 Å². The van der Waals surface area contributed by atoms with Gasteiger partial charge in [0, 0.05) is 0 Å². The molecule has 10 heavy (non-hydrogen) atoms. The van der Waals surface area contributed by atoms with E-state index in [0.29, 0.717) is 6.61 Å². The van der Waals surface area contributed by atoms with E-state index in [1.807, 2.05) is 0 Å². The minimum absolute atomic E-state index is 0.150. The highest BCUT2D eigenvalue weighted by atomic mass is 32.1. The molecule has 4 N–H and O–H groups in total. The van der Waals surface area contributed by atoms with Gasteiger partial charge in [0.1, 0.15) is 6.10 Å². The molecule has 1 saturated heterocycles. The molecular formula is C4H9N3O2S. The largest absolute Gasteiger partial charge is 0.375 e. The van der Waals surface area contributed by atoms with Crippen LogP contribution in [0.4, 0.5) is 0 Å². The lowest BCUT2D eigenvalue weighted by atomic mass is 10.5. The lowest BCUT2D eigenvalue weighted by Gasteiger charge is -2.03. The number of ether oxygens (including phenoxy) is 1. The Kier molecular flexibility index (Phi) is 2.82. The molecule has 0 aromatic heterocycles. The van der Waals surface area contributed by atoms with E-state index in [2.05, 4.69) is 23.2 Å². The zero-order chi connectivity index (χ0) is 7.40. The molecule has 1 fully saturated rings. The highest BCUT2D eigenvalue weighted by molar-refractivity contribution is 7.80. The van der Waals surface area contributed by atoms with Gasteiger partial charge in [-0.25, -0.2) is 0 Å². The number of epoxide rings is 1. The summed E-state index contributed by atoms with van der Waals surface area (Å²) >= 11 is 4.48. The minimum Gasteiger partial charge on any atom is -0.375 e. The van der Waals surface area contributed by atoms with Gasteiger partial charge in [0.15, 0.2) is 5.11 Å². The molecule has 1 heterocycles. The third-order valence-electron chi connectivity index (χ3n) is 0.918. The van der Waals surface area contributed by atoms with Crippen molar-refractivity contribution >= 4 is 17.3 Å². The second kappa shape index (κ2) is 3.67. The number of hydrogen-bond acceptors (Lipinski definition) is 4. The molecule has 58 valence electrons. The molecule has 0 aromatic carbocycles. The lowest BCUT2D eigenvalue weighted by Crippen LogP contribution is -2.41. The van der Waals surface area contributed by atoms with Crippen LogP contribution in [0.3, 0.4) is 0 Å². The Bertz CT molecular complexity index is 128. The molecule has 1 aliphatic heterocycles. The predicted molar refractivity (Wildman–Crippen MR) is 38.7 cm³/mol. The molecule has 0 bridgehead atoms. The Morgan fingerprint density at radius 3 is 3.10 bits per heavy atom. The Hall–Kier alpha value is -0.430. The molecule has 0 radical (unpaired) electrons. The van der Waals surface area contributed by atoms with Crippen LogP contribution in [0, 0.1) is 0 Å². The second-order valence-corrected chi connectivity index (χ2v) is 2.30. The van der Waals surface area contributed by atoms with Gasteiger partial charge >= 0.3 is 0 Å². The van der Waals surface area contributed by atoms with Crippen molar-refractivity contribution in [1.82, 2.24) is 11.0 Å². The summed E-state index contributed by atoms with van der Waals surface area (Å²) < 4.78 is 4.86. The van der Waals surface area contributed by atoms with Crippen molar-refractivity contribution < 1.29 is 9.57 Å². The fraction of sp³-hybridized carbons (Fsp3) is 0.750. The van der Waals surface area contributed by atoms with Crippen LogP contribution < -0.4 is 16.7 Å². The van der Waals surface area contributed by atoms with Crippen molar-refractivity contribution in [2.75, 3.05) is 13.2 Å². The van der Waals surface area contributed by atoms with Crippen LogP contribution >= 0.6 is 12.2 Å². The van der Waals surface area contributed by atoms with Gasteiger partial charge in [-0.1, -0.05) is 0 Å². The maximum atomic E-state index is 5.07. The van der Waals surface area contributed by atoms with Crippen molar-refractivity contribution in [3.63, 3.8) is 0 Å². The summed E-state index contributed by atoms with van der Waals surface area (Å²) in [5.41, 5.74) is 9.84. The first-order valence-corrected chi connectivity index (χ1v) is 3.23. The fourth-order valence-electron chi connectivity index (χ4n) is 0.385. The van der Waals surface area contributed by atoms with E-state index < -0.39 is 0 Å². The maximum Gasteiger partial charge on any atom is 0.179 e. The van der Waals surface area contributed by atoms with E-state index in [9.17, 15) is 0 Å². The summed E-state index contributed by atoms with van der Waals surface area (Å²) in [7, 11) is 0. The molecule has 0 saturated carbocycles. The van der Waals surface area contributed by atoms with Gasteiger partial charge in [-0.2, -0.15) is 0 Å². The first kappa shape index (κ1) is 7.67. The van der Waals surface area contributed by atoms with Crippen LogP contribution in [0.5, 0.6) is 0 Å². The van der Waals surface area contributed by atoms with Crippen LogP contribution in [0.25, 0.3) is 0 Å². The van der Waals surface area contributed by atoms with Crippen molar-refractivity contribution in [2.24, 2.45) is 5.73 Å². The van der Waals surface area contributed by atoms with E-state index in [1.54, 1.807) is 0 Å². The summed E-state index contributed by atoms with van der Waals surface area (Å²) in [6.45, 7) is 1.28. The van der Waals surface area contributed by atoms with Crippen molar-refractivity contribution in [3.8, 4) is 0 Å². The molecule has 0 spiro atoms. The van der Waals surface area contributed by atoms with E-state index in [-0.39, 0.29) is 11.2 Å². The van der Waals surface area contributed by atoms with Crippen molar-refractivity contribution in [1.29, 1.82) is 0 Å². The Balaban J connectivity index is 1.80. The minimum atomic E-state index is 0.150. The van der Waals surface area contributed by atoms with Gasteiger partial charge in [0.25, 0.3) is 0 Å². The first-order valence-electron chi connectivity index (χ1n) is 2.83. The van der Waals surface area contributed by atoms with Gasteiger partial charge in [0.2, 0.25) is 0 Å². The quantitative estimate of drug-likeness (QED) is 0.206. The number of hydrogen-bond donors (Lipinski definition) is 3. The van der Waals surface area contributed by atoms with E-state index in [4.69, 9.17) is 15.3 Å². The van der Waals surface area contributed by atoms with Gasteiger partial charge in [-0.3, -0.25) is 10.3 Å². The molecule has 5 nitrogen and oxygen atoms in total. The average Bonchev–Trinajstić information content (AvgIpc) is 2.62. The average molecular weight is 163 g/mol. The van der Waals surface area contributed by atoms with Gasteiger partial charge in [-0.05, 0) is 12.2 Å². The number of rotatable bonds is 4. The summed E-state index contributed by atoms with van der Waals surface area (Å²) in [5, 5.41) is 0.150. The first-order chi connectivity index (χ1) is 4.79. The zero-order valence-electron chi connectivity index (χ0n) is 5.29. The lowest BCUT2D eigenvalue weighted by molar-refractivity contribution is 0.0163. The number of thiocarbonyl (C=S) groups is 1. The normalized spacial score (nSPS) is 22.2. The molecule has 1 atom stereocenters. The Labute approximate surface area is 63.8 Å². The van der Waals surface area contributed by atoms with Crippen LogP contribution in [0.1, 0.15) is 0 Å². The zero-order valence-corrected chi connectivity index (χ0v) is 6.11. The SMILES string of the molecule is NC(=S)NNOCC1CO1. The van der Waals surface area contributed by atoms with Crippen LogP contribution in [0.2, 0.25) is 0 Å². The summed E-state index contributed by atoms with van der Waals surface area (Å²) in [6, 6.07) is 0. The maximum absolute atomic E-state index is 5.07. The monoisotopic (exact) mass is 163 g/mol. The molecular weight excluding hydrogens is 154 g/mol. The van der Waals surface area contributed by atoms with E-state index in [1.165, 1.54) is 0 Å². The van der Waals surface area contributed by atoms with E-state index in [0.717, 1.165) is 6.61 Å². The molecule has 1 unspecified atom stereocenters. The highest BCUT2D eigenvalue weighted by Crippen LogP contribution is 2.06. The smallest absolute Gasteiger partial charge is 0.179 e. The van der Waals surface area contributed by atoms with Crippen molar-refractivity contribution in [2.45, 2.75) is 6.10 Å². The Morgan fingerprint density at radius 2 is 2.60 bits per heavy atom. The number of nitrogens with one attached hydrogen (secondary N) is 2. The van der Waals surface area contributed by atoms with Gasteiger partial charge < -0.3 is 10.5 Å². The summed E-state index contributed by atoms with van der Waals surface area (Å²) in [5.74, 6) is 0. The van der Waals surface area contributed by atoms with Gasteiger partial charge in [-0.15, -0.1) is 5.59 Å². The van der Waals surface area contributed by atoms with Gasteiger partial charge in [0.05, 0.1) is 13.2 Å². The summed E-state index contributed by atoms with van der Waals surface area (Å²) in [6.07, 6.45) is 0.237. The molecule has 1 rings (SSSR count). The molecule has 0 aromatic rings. The molecule has 6 heteroatoms. The van der Waals surface area contributed by atoms with Crippen molar-refractivity contribution in [3.05, 3.63) is 0 Å². The third-order valence-corrected chi connectivity index (χ3v) is 1.02. The number of hydrazine groups is 1. The number of nitrogens with two attached hydrogens (primary N) is 1. The van der Waals surface area contributed by atoms with Crippen LogP contribution in [-0.4, -0.2) is 24.4 Å². The predicted octanol–water partition coefficient (Wildman–Crippen LogP) is -1.35. The third kappa shape index (κ3) is 3.57. The Morgan fingerprint density at radius 1 is 1.90 bits per heavy atom. The molecule has 0 amide bonds.